The second-order valence-corrected chi connectivity index (χ2v) is 3.02. The van der Waals surface area contributed by atoms with Crippen molar-refractivity contribution < 1.29 is 4.79 Å². The average Bonchev–Trinajstić information content (AvgIpc) is 2.68. The standard InChI is InChI=1S/C8H12N2O/c1-3-6-10(2)7(11)8(9)4-5-8/h1H,4-6,9H2,2H3. The molecule has 0 atom stereocenters. The van der Waals surface area contributed by atoms with Gasteiger partial charge in [-0.15, -0.1) is 6.42 Å². The Hall–Kier alpha value is -1.01. The molecule has 0 bridgehead atoms. The van der Waals surface area contributed by atoms with E-state index in [4.69, 9.17) is 12.2 Å². The first kappa shape index (κ1) is 8.09. The van der Waals surface area contributed by atoms with Gasteiger partial charge in [0, 0.05) is 7.05 Å². The molecule has 1 amide bonds. The van der Waals surface area contributed by atoms with Gasteiger partial charge in [0.05, 0.1) is 12.1 Å². The predicted molar refractivity (Wildman–Crippen MR) is 42.6 cm³/mol. The van der Waals surface area contributed by atoms with Gasteiger partial charge in [-0.3, -0.25) is 4.79 Å². The van der Waals surface area contributed by atoms with Gasteiger partial charge in [0.15, 0.2) is 0 Å². The summed E-state index contributed by atoms with van der Waals surface area (Å²) in [7, 11) is 1.68. The van der Waals surface area contributed by atoms with Crippen molar-refractivity contribution in [1.29, 1.82) is 0 Å². The minimum absolute atomic E-state index is 0.0320. The molecule has 1 aliphatic carbocycles. The number of hydrogen-bond acceptors (Lipinski definition) is 2. The lowest BCUT2D eigenvalue weighted by Crippen LogP contribution is -2.43. The van der Waals surface area contributed by atoms with E-state index in [0.717, 1.165) is 12.8 Å². The lowest BCUT2D eigenvalue weighted by atomic mass is 10.2. The molecular formula is C8H12N2O. The highest BCUT2D eigenvalue weighted by atomic mass is 16.2. The summed E-state index contributed by atoms with van der Waals surface area (Å²) in [5, 5.41) is 0. The lowest BCUT2D eigenvalue weighted by Gasteiger charge is -2.17. The summed E-state index contributed by atoms with van der Waals surface area (Å²) >= 11 is 0. The first-order valence-corrected chi connectivity index (χ1v) is 3.58. The van der Waals surface area contributed by atoms with Crippen molar-refractivity contribution in [2.45, 2.75) is 18.4 Å². The normalized spacial score (nSPS) is 18.6. The largest absolute Gasteiger partial charge is 0.333 e. The molecular weight excluding hydrogens is 140 g/mol. The third-order valence-corrected chi connectivity index (χ3v) is 1.89. The molecule has 60 valence electrons. The van der Waals surface area contributed by atoms with E-state index in [1.807, 2.05) is 0 Å². The third-order valence-electron chi connectivity index (χ3n) is 1.89. The van der Waals surface area contributed by atoms with E-state index in [9.17, 15) is 4.79 Å². The van der Waals surface area contributed by atoms with Gasteiger partial charge in [-0.25, -0.2) is 0 Å². The second kappa shape index (κ2) is 2.55. The summed E-state index contributed by atoms with van der Waals surface area (Å²) in [5.41, 5.74) is 5.08. The molecule has 1 rings (SSSR count). The summed E-state index contributed by atoms with van der Waals surface area (Å²) in [6, 6.07) is 0. The van der Waals surface area contributed by atoms with Gasteiger partial charge < -0.3 is 10.6 Å². The zero-order valence-electron chi connectivity index (χ0n) is 6.63. The maximum absolute atomic E-state index is 11.3. The van der Waals surface area contributed by atoms with Crippen molar-refractivity contribution >= 4 is 5.91 Å². The number of carbonyl (C=O) groups excluding carboxylic acids is 1. The van der Waals surface area contributed by atoms with Crippen LogP contribution < -0.4 is 5.73 Å². The van der Waals surface area contributed by atoms with Gasteiger partial charge in [-0.05, 0) is 12.8 Å². The second-order valence-electron chi connectivity index (χ2n) is 3.02. The van der Waals surface area contributed by atoms with E-state index < -0.39 is 5.54 Å². The van der Waals surface area contributed by atoms with Crippen LogP contribution in [0.3, 0.4) is 0 Å². The molecule has 0 saturated heterocycles. The number of nitrogens with zero attached hydrogens (tertiary/aromatic N) is 1. The molecule has 11 heavy (non-hydrogen) atoms. The van der Waals surface area contributed by atoms with Crippen LogP contribution in [0.15, 0.2) is 0 Å². The van der Waals surface area contributed by atoms with Crippen LogP contribution in [0.4, 0.5) is 0 Å². The first-order chi connectivity index (χ1) is 5.10. The first-order valence-electron chi connectivity index (χ1n) is 3.58. The molecule has 3 heteroatoms. The fourth-order valence-corrected chi connectivity index (χ4v) is 0.937. The lowest BCUT2D eigenvalue weighted by molar-refractivity contribution is -0.131. The van der Waals surface area contributed by atoms with Crippen molar-refractivity contribution in [2.24, 2.45) is 5.73 Å². The van der Waals surface area contributed by atoms with Crippen molar-refractivity contribution in [1.82, 2.24) is 4.90 Å². The van der Waals surface area contributed by atoms with E-state index in [2.05, 4.69) is 5.92 Å². The smallest absolute Gasteiger partial charge is 0.243 e. The minimum Gasteiger partial charge on any atom is -0.333 e. The molecule has 0 radical (unpaired) electrons. The number of likely N-dealkylation sites (N-methyl/N-ethyl adjacent to an activating group) is 1. The van der Waals surface area contributed by atoms with Crippen LogP contribution in [0.2, 0.25) is 0 Å². The Kier molecular flexibility index (Phi) is 1.88. The third kappa shape index (κ3) is 1.52. The molecule has 0 spiro atoms. The topological polar surface area (TPSA) is 46.3 Å². The number of carbonyl (C=O) groups is 1. The highest BCUT2D eigenvalue weighted by Crippen LogP contribution is 2.33. The zero-order valence-corrected chi connectivity index (χ0v) is 6.63. The van der Waals surface area contributed by atoms with Crippen molar-refractivity contribution in [2.75, 3.05) is 13.6 Å². The number of rotatable bonds is 2. The molecule has 0 heterocycles. The van der Waals surface area contributed by atoms with Crippen molar-refractivity contribution in [3.8, 4) is 12.3 Å². The molecule has 0 aromatic rings. The summed E-state index contributed by atoms with van der Waals surface area (Å²) < 4.78 is 0. The van der Waals surface area contributed by atoms with E-state index in [-0.39, 0.29) is 5.91 Å². The molecule has 1 fully saturated rings. The fourth-order valence-electron chi connectivity index (χ4n) is 0.937. The molecule has 0 unspecified atom stereocenters. The molecule has 2 N–H and O–H groups in total. The van der Waals surface area contributed by atoms with Gasteiger partial charge in [-0.1, -0.05) is 5.92 Å². The van der Waals surface area contributed by atoms with Gasteiger partial charge in [0.1, 0.15) is 0 Å². The van der Waals surface area contributed by atoms with E-state index in [1.54, 1.807) is 7.05 Å². The van der Waals surface area contributed by atoms with Gasteiger partial charge in [0.2, 0.25) is 5.91 Å². The highest BCUT2D eigenvalue weighted by Gasteiger charge is 2.47. The Morgan fingerprint density at radius 2 is 2.36 bits per heavy atom. The van der Waals surface area contributed by atoms with Gasteiger partial charge >= 0.3 is 0 Å². The van der Waals surface area contributed by atoms with E-state index >= 15 is 0 Å². The van der Waals surface area contributed by atoms with Gasteiger partial charge in [-0.2, -0.15) is 0 Å². The molecule has 0 aromatic heterocycles. The summed E-state index contributed by atoms with van der Waals surface area (Å²) in [6.45, 7) is 0.345. The summed E-state index contributed by atoms with van der Waals surface area (Å²) in [6.07, 6.45) is 6.63. The Morgan fingerprint density at radius 1 is 1.82 bits per heavy atom. The Morgan fingerprint density at radius 3 is 2.73 bits per heavy atom. The SMILES string of the molecule is C#CCN(C)C(=O)C1(N)CC1. The van der Waals surface area contributed by atoms with E-state index in [1.165, 1.54) is 4.90 Å². The van der Waals surface area contributed by atoms with Crippen molar-refractivity contribution in [3.63, 3.8) is 0 Å². The van der Waals surface area contributed by atoms with Crippen LogP contribution in [-0.4, -0.2) is 29.9 Å². The maximum Gasteiger partial charge on any atom is 0.243 e. The van der Waals surface area contributed by atoms with Crippen molar-refractivity contribution in [3.05, 3.63) is 0 Å². The number of terminal acetylenes is 1. The number of nitrogens with two attached hydrogens (primary N) is 1. The molecule has 1 saturated carbocycles. The van der Waals surface area contributed by atoms with Crippen LogP contribution in [-0.2, 0) is 4.79 Å². The Labute approximate surface area is 66.5 Å². The van der Waals surface area contributed by atoms with Crippen LogP contribution in [0.5, 0.6) is 0 Å². The molecule has 1 aliphatic rings. The van der Waals surface area contributed by atoms with Crippen LogP contribution >= 0.6 is 0 Å². The quantitative estimate of drug-likeness (QED) is 0.546. The molecule has 0 aliphatic heterocycles. The highest BCUT2D eigenvalue weighted by molar-refractivity contribution is 5.89. The summed E-state index contributed by atoms with van der Waals surface area (Å²) in [4.78, 5) is 12.8. The minimum atomic E-state index is -0.578. The monoisotopic (exact) mass is 152 g/mol. The average molecular weight is 152 g/mol. The molecule has 0 aromatic carbocycles. The predicted octanol–water partition coefficient (Wildman–Crippen LogP) is -0.431. The van der Waals surface area contributed by atoms with E-state index in [0.29, 0.717) is 6.54 Å². The maximum atomic E-state index is 11.3. The molecule has 3 nitrogen and oxygen atoms in total. The number of amides is 1. The Bertz CT molecular complexity index is 213. The summed E-state index contributed by atoms with van der Waals surface area (Å²) in [5.74, 6) is 2.37. The number of hydrogen-bond donors (Lipinski definition) is 1. The Balaban J connectivity index is 2.48. The van der Waals surface area contributed by atoms with Crippen LogP contribution in [0.1, 0.15) is 12.8 Å². The van der Waals surface area contributed by atoms with Gasteiger partial charge in [0.25, 0.3) is 0 Å². The zero-order chi connectivity index (χ0) is 8.48. The fraction of sp³-hybridized carbons (Fsp3) is 0.625. The van der Waals surface area contributed by atoms with Crippen LogP contribution in [0.25, 0.3) is 0 Å². The van der Waals surface area contributed by atoms with Crippen LogP contribution in [0, 0.1) is 12.3 Å².